The molecular weight excluding hydrogens is 289 g/mol. The van der Waals surface area contributed by atoms with Crippen molar-refractivity contribution in [1.29, 1.82) is 0 Å². The maximum absolute atomic E-state index is 13.2. The Morgan fingerprint density at radius 2 is 1.65 bits per heavy atom. The van der Waals surface area contributed by atoms with Gasteiger partial charge in [0, 0.05) is 5.69 Å². The van der Waals surface area contributed by atoms with Crippen molar-refractivity contribution in [2.24, 2.45) is 0 Å². The molecule has 0 radical (unpaired) electrons. The normalized spacial score (nSPS) is 10.4. The number of benzene rings is 1. The van der Waals surface area contributed by atoms with Crippen LogP contribution >= 0.6 is 34.8 Å². The molecule has 0 atom stereocenters. The summed E-state index contributed by atoms with van der Waals surface area (Å²) in [7, 11) is 0. The molecule has 1 heterocycles. The van der Waals surface area contributed by atoms with Crippen molar-refractivity contribution < 1.29 is 4.39 Å². The predicted molar refractivity (Wildman–Crippen MR) is 64.5 cm³/mol. The zero-order chi connectivity index (χ0) is 12.4. The van der Waals surface area contributed by atoms with Gasteiger partial charge in [0.1, 0.15) is 5.82 Å². The Morgan fingerprint density at radius 3 is 2.24 bits per heavy atom. The van der Waals surface area contributed by atoms with Gasteiger partial charge < -0.3 is 5.32 Å². The summed E-state index contributed by atoms with van der Waals surface area (Å²) in [6.07, 6.45) is 0. The lowest BCUT2D eigenvalue weighted by molar-refractivity contribution is 0.629. The molecule has 1 aromatic heterocycles. The van der Waals surface area contributed by atoms with Gasteiger partial charge in [0.05, 0.1) is 5.02 Å². The first-order chi connectivity index (χ1) is 8.04. The van der Waals surface area contributed by atoms with E-state index in [9.17, 15) is 4.39 Å². The minimum atomic E-state index is -0.553. The monoisotopic (exact) mass is 292 g/mol. The van der Waals surface area contributed by atoms with Crippen molar-refractivity contribution in [2.75, 3.05) is 5.32 Å². The molecule has 2 rings (SSSR count). The number of rotatable bonds is 2. The second-order valence-electron chi connectivity index (χ2n) is 2.95. The van der Waals surface area contributed by atoms with Crippen LogP contribution in [0.3, 0.4) is 0 Å². The van der Waals surface area contributed by atoms with Gasteiger partial charge in [-0.05, 0) is 41.4 Å². The van der Waals surface area contributed by atoms with Crippen LogP contribution in [-0.4, -0.2) is 15.0 Å². The molecule has 8 heteroatoms. The van der Waals surface area contributed by atoms with Gasteiger partial charge in [0.2, 0.25) is 16.5 Å². The van der Waals surface area contributed by atoms with E-state index in [0.29, 0.717) is 5.69 Å². The first kappa shape index (κ1) is 12.3. The third-order valence-electron chi connectivity index (χ3n) is 1.76. The Labute approximate surface area is 111 Å². The molecule has 0 unspecified atom stereocenters. The van der Waals surface area contributed by atoms with Crippen LogP contribution in [0.2, 0.25) is 15.6 Å². The van der Waals surface area contributed by atoms with Crippen LogP contribution < -0.4 is 5.32 Å². The minimum absolute atomic E-state index is 0.0299. The van der Waals surface area contributed by atoms with Crippen molar-refractivity contribution in [3.63, 3.8) is 0 Å². The summed E-state index contributed by atoms with van der Waals surface area (Å²) in [4.78, 5) is 11.1. The molecular formula is C9H4Cl3FN4. The summed E-state index contributed by atoms with van der Waals surface area (Å²) in [5.41, 5.74) is 0.422. The van der Waals surface area contributed by atoms with Gasteiger partial charge in [-0.2, -0.15) is 15.0 Å². The smallest absolute Gasteiger partial charge is 0.232 e. The van der Waals surface area contributed by atoms with E-state index in [0.717, 1.165) is 0 Å². The minimum Gasteiger partial charge on any atom is -0.324 e. The molecule has 0 aliphatic carbocycles. The molecule has 1 N–H and O–H groups in total. The maximum atomic E-state index is 13.2. The van der Waals surface area contributed by atoms with E-state index in [2.05, 4.69) is 20.3 Å². The predicted octanol–water partition coefficient (Wildman–Crippen LogP) is 3.71. The molecule has 0 aliphatic rings. The third kappa shape index (κ3) is 3.15. The average molecular weight is 294 g/mol. The molecule has 0 saturated carbocycles. The molecule has 17 heavy (non-hydrogen) atoms. The Hall–Kier alpha value is -1.17. The van der Waals surface area contributed by atoms with Crippen molar-refractivity contribution in [3.8, 4) is 0 Å². The molecule has 4 nitrogen and oxygen atoms in total. The summed E-state index contributed by atoms with van der Waals surface area (Å²) in [6.45, 7) is 0. The summed E-state index contributed by atoms with van der Waals surface area (Å²) in [5, 5.41) is 2.65. The van der Waals surface area contributed by atoms with Crippen LogP contribution in [0.1, 0.15) is 0 Å². The van der Waals surface area contributed by atoms with Crippen molar-refractivity contribution >= 4 is 46.4 Å². The van der Waals surface area contributed by atoms with Gasteiger partial charge in [-0.3, -0.25) is 0 Å². The number of hydrogen-bond donors (Lipinski definition) is 1. The number of aromatic nitrogens is 3. The van der Waals surface area contributed by atoms with E-state index in [-0.39, 0.29) is 21.5 Å². The van der Waals surface area contributed by atoms with E-state index >= 15 is 0 Å². The summed E-state index contributed by atoms with van der Waals surface area (Å²) < 4.78 is 13.2. The second-order valence-corrected chi connectivity index (χ2v) is 4.03. The topological polar surface area (TPSA) is 50.7 Å². The van der Waals surface area contributed by atoms with Gasteiger partial charge in [-0.1, -0.05) is 11.6 Å². The van der Waals surface area contributed by atoms with Crippen molar-refractivity contribution in [2.45, 2.75) is 0 Å². The van der Waals surface area contributed by atoms with E-state index < -0.39 is 5.82 Å². The lowest BCUT2D eigenvalue weighted by Gasteiger charge is -2.05. The van der Waals surface area contributed by atoms with Gasteiger partial charge in [-0.25, -0.2) is 4.39 Å². The highest BCUT2D eigenvalue weighted by Crippen LogP contribution is 2.21. The largest absolute Gasteiger partial charge is 0.324 e. The highest BCUT2D eigenvalue weighted by molar-refractivity contribution is 6.31. The molecule has 0 saturated heterocycles. The van der Waals surface area contributed by atoms with Crippen molar-refractivity contribution in [1.82, 2.24) is 15.0 Å². The highest BCUT2D eigenvalue weighted by atomic mass is 35.5. The summed E-state index contributed by atoms with van der Waals surface area (Å²) in [5.74, 6) is -0.431. The highest BCUT2D eigenvalue weighted by Gasteiger charge is 2.05. The Morgan fingerprint density at radius 1 is 1.00 bits per heavy atom. The molecule has 0 bridgehead atoms. The molecule has 0 spiro atoms. The summed E-state index contributed by atoms with van der Waals surface area (Å²) in [6, 6.07) is 4.18. The van der Waals surface area contributed by atoms with Crippen LogP contribution in [0.4, 0.5) is 16.0 Å². The average Bonchev–Trinajstić information content (AvgIpc) is 2.22. The molecule has 2 aromatic rings. The zero-order valence-electron chi connectivity index (χ0n) is 8.09. The molecule has 1 aromatic carbocycles. The molecule has 0 amide bonds. The number of nitrogens with one attached hydrogen (secondary N) is 1. The third-order valence-corrected chi connectivity index (χ3v) is 2.40. The fraction of sp³-hybridized carbons (Fsp3) is 0. The lowest BCUT2D eigenvalue weighted by Crippen LogP contribution is -1.99. The standard InChI is InChI=1S/C9H4Cl3FN4/c10-5-2-1-4(3-6(5)13)14-9-16-7(11)15-8(12)17-9/h1-3H,(H,14,15,16,17). The number of hydrogen-bond acceptors (Lipinski definition) is 4. The Balaban J connectivity index is 2.28. The van der Waals surface area contributed by atoms with Crippen LogP contribution in [0.5, 0.6) is 0 Å². The fourth-order valence-corrected chi connectivity index (χ4v) is 1.57. The number of anilines is 2. The van der Waals surface area contributed by atoms with Crippen LogP contribution in [0.15, 0.2) is 18.2 Å². The van der Waals surface area contributed by atoms with E-state index in [1.165, 1.54) is 12.1 Å². The maximum Gasteiger partial charge on any atom is 0.232 e. The number of halogens is 4. The second kappa shape index (κ2) is 5.00. The van der Waals surface area contributed by atoms with Crippen LogP contribution in [0, 0.1) is 5.82 Å². The fourth-order valence-electron chi connectivity index (χ4n) is 1.08. The van der Waals surface area contributed by atoms with Crippen LogP contribution in [0.25, 0.3) is 0 Å². The first-order valence-corrected chi connectivity index (χ1v) is 5.47. The van der Waals surface area contributed by atoms with Crippen molar-refractivity contribution in [3.05, 3.63) is 39.6 Å². The zero-order valence-corrected chi connectivity index (χ0v) is 10.4. The van der Waals surface area contributed by atoms with Gasteiger partial charge in [0.25, 0.3) is 0 Å². The van der Waals surface area contributed by atoms with E-state index in [1.807, 2.05) is 0 Å². The molecule has 0 aliphatic heterocycles. The van der Waals surface area contributed by atoms with Gasteiger partial charge >= 0.3 is 0 Å². The SMILES string of the molecule is Fc1cc(Nc2nc(Cl)nc(Cl)n2)ccc1Cl. The Kier molecular flexibility index (Phi) is 3.61. The first-order valence-electron chi connectivity index (χ1n) is 4.34. The van der Waals surface area contributed by atoms with E-state index in [1.54, 1.807) is 6.07 Å². The lowest BCUT2D eigenvalue weighted by atomic mass is 10.3. The quantitative estimate of drug-likeness (QED) is 0.917. The van der Waals surface area contributed by atoms with Gasteiger partial charge in [-0.15, -0.1) is 0 Å². The summed E-state index contributed by atoms with van der Waals surface area (Å²) >= 11 is 16.7. The van der Waals surface area contributed by atoms with Gasteiger partial charge in [0.15, 0.2) is 0 Å². The van der Waals surface area contributed by atoms with Crippen LogP contribution in [-0.2, 0) is 0 Å². The molecule has 0 fully saturated rings. The molecule has 88 valence electrons. The number of nitrogens with zero attached hydrogens (tertiary/aromatic N) is 3. The Bertz CT molecular complexity index is 544. The van der Waals surface area contributed by atoms with E-state index in [4.69, 9.17) is 34.8 Å².